The Balaban J connectivity index is 2.01. The molecule has 1 heterocycles. The van der Waals surface area contributed by atoms with Crippen LogP contribution in [-0.2, 0) is 9.47 Å². The third-order valence-electron chi connectivity index (χ3n) is 1.55. The molecule has 0 radical (unpaired) electrons. The number of hydrogen-bond donors (Lipinski definition) is 1. The fourth-order valence-corrected chi connectivity index (χ4v) is 1.55. The lowest BCUT2D eigenvalue weighted by atomic mass is 10.4. The molecule has 0 fully saturated rings. The van der Waals surface area contributed by atoms with Crippen LogP contribution < -0.4 is 0 Å². The van der Waals surface area contributed by atoms with Gasteiger partial charge in [0.2, 0.25) is 0 Å². The summed E-state index contributed by atoms with van der Waals surface area (Å²) in [5, 5.41) is 10.1. The van der Waals surface area contributed by atoms with E-state index in [0.29, 0.717) is 30.8 Å². The molecule has 5 nitrogen and oxygen atoms in total. The molecule has 6 heteroatoms. The average Bonchev–Trinajstić information content (AvgIpc) is 2.74. The Morgan fingerprint density at radius 2 is 2.47 bits per heavy atom. The summed E-state index contributed by atoms with van der Waals surface area (Å²) >= 11 is 1.36. The molecule has 1 aromatic heterocycles. The Hall–Kier alpha value is -0.560. The van der Waals surface area contributed by atoms with E-state index in [4.69, 9.17) is 13.9 Å². The standard InChI is InChI=1S/C9H15NO4S/c1-12-4-5-13-6-8(11)7-15-9-10-2-3-14-9/h2-3,8,11H,4-7H2,1H3. The van der Waals surface area contributed by atoms with Gasteiger partial charge in [0.15, 0.2) is 0 Å². The number of rotatable bonds is 8. The molecule has 0 amide bonds. The van der Waals surface area contributed by atoms with Crippen molar-refractivity contribution in [2.24, 2.45) is 0 Å². The van der Waals surface area contributed by atoms with Gasteiger partial charge in [-0.3, -0.25) is 0 Å². The first-order chi connectivity index (χ1) is 7.33. The van der Waals surface area contributed by atoms with E-state index in [0.717, 1.165) is 0 Å². The molecule has 0 aliphatic rings. The van der Waals surface area contributed by atoms with Crippen LogP contribution >= 0.6 is 11.8 Å². The number of aliphatic hydroxyl groups excluding tert-OH is 1. The second-order valence-corrected chi connectivity index (χ2v) is 3.80. The minimum atomic E-state index is -0.515. The van der Waals surface area contributed by atoms with Crippen molar-refractivity contribution in [3.8, 4) is 0 Å². The molecular weight excluding hydrogens is 218 g/mol. The average molecular weight is 233 g/mol. The maximum atomic E-state index is 9.49. The quantitative estimate of drug-likeness (QED) is 0.529. The molecule has 0 spiro atoms. The second kappa shape index (κ2) is 7.70. The number of aromatic nitrogens is 1. The zero-order valence-electron chi connectivity index (χ0n) is 8.59. The first-order valence-corrected chi connectivity index (χ1v) is 5.58. The molecule has 1 rings (SSSR count). The van der Waals surface area contributed by atoms with E-state index >= 15 is 0 Å². The molecule has 1 unspecified atom stereocenters. The van der Waals surface area contributed by atoms with Crippen LogP contribution in [0.4, 0.5) is 0 Å². The predicted octanol–water partition coefficient (Wildman–Crippen LogP) is 0.791. The van der Waals surface area contributed by atoms with E-state index in [1.165, 1.54) is 18.0 Å². The molecule has 0 saturated heterocycles. The van der Waals surface area contributed by atoms with Crippen LogP contribution in [0.5, 0.6) is 0 Å². The SMILES string of the molecule is COCCOCC(O)CSc1ncco1. The maximum absolute atomic E-state index is 9.49. The predicted molar refractivity (Wildman–Crippen MR) is 55.9 cm³/mol. The van der Waals surface area contributed by atoms with Crippen LogP contribution in [-0.4, -0.2) is 48.9 Å². The largest absolute Gasteiger partial charge is 0.440 e. The first kappa shape index (κ1) is 12.5. The Labute approximate surface area is 92.8 Å². The van der Waals surface area contributed by atoms with E-state index in [1.54, 1.807) is 13.3 Å². The maximum Gasteiger partial charge on any atom is 0.255 e. The first-order valence-electron chi connectivity index (χ1n) is 4.60. The van der Waals surface area contributed by atoms with E-state index in [9.17, 15) is 5.11 Å². The Kier molecular flexibility index (Phi) is 6.42. The minimum Gasteiger partial charge on any atom is -0.440 e. The normalized spacial score (nSPS) is 12.9. The summed E-state index contributed by atoms with van der Waals surface area (Å²) in [7, 11) is 1.61. The number of hydrogen-bond acceptors (Lipinski definition) is 6. The lowest BCUT2D eigenvalue weighted by Gasteiger charge is -2.09. The Morgan fingerprint density at radius 3 is 3.13 bits per heavy atom. The van der Waals surface area contributed by atoms with Gasteiger partial charge in [0, 0.05) is 12.9 Å². The highest BCUT2D eigenvalue weighted by Crippen LogP contribution is 2.15. The van der Waals surface area contributed by atoms with E-state index in [-0.39, 0.29) is 0 Å². The zero-order valence-corrected chi connectivity index (χ0v) is 9.40. The van der Waals surface area contributed by atoms with Crippen LogP contribution in [0.1, 0.15) is 0 Å². The van der Waals surface area contributed by atoms with Crippen molar-refractivity contribution in [3.63, 3.8) is 0 Å². The molecule has 15 heavy (non-hydrogen) atoms. The molecular formula is C9H15NO4S. The van der Waals surface area contributed by atoms with Crippen molar-refractivity contribution in [3.05, 3.63) is 12.5 Å². The second-order valence-electron chi connectivity index (χ2n) is 2.83. The van der Waals surface area contributed by atoms with Crippen LogP contribution in [0.3, 0.4) is 0 Å². The van der Waals surface area contributed by atoms with E-state index in [2.05, 4.69) is 4.98 Å². The molecule has 0 aliphatic heterocycles. The topological polar surface area (TPSA) is 64.7 Å². The summed E-state index contributed by atoms with van der Waals surface area (Å²) in [6.07, 6.45) is 2.56. The molecule has 1 N–H and O–H groups in total. The smallest absolute Gasteiger partial charge is 0.255 e. The molecule has 0 saturated carbocycles. The van der Waals surface area contributed by atoms with Crippen molar-refractivity contribution >= 4 is 11.8 Å². The summed E-state index contributed by atoms with van der Waals surface area (Å²) in [6, 6.07) is 0. The summed E-state index contributed by atoms with van der Waals surface area (Å²) in [6.45, 7) is 1.34. The minimum absolute atomic E-state index is 0.303. The fraction of sp³-hybridized carbons (Fsp3) is 0.667. The number of methoxy groups -OCH3 is 1. The van der Waals surface area contributed by atoms with Gasteiger partial charge in [0.25, 0.3) is 5.22 Å². The van der Waals surface area contributed by atoms with Crippen molar-refractivity contribution in [2.75, 3.05) is 32.7 Å². The molecule has 1 atom stereocenters. The zero-order chi connectivity index (χ0) is 10.9. The lowest BCUT2D eigenvalue weighted by molar-refractivity contribution is 0.0218. The van der Waals surface area contributed by atoms with Gasteiger partial charge in [0.1, 0.15) is 6.26 Å². The van der Waals surface area contributed by atoms with Crippen LogP contribution in [0.15, 0.2) is 22.1 Å². The number of aliphatic hydroxyl groups is 1. The van der Waals surface area contributed by atoms with Crippen molar-refractivity contribution in [1.29, 1.82) is 0 Å². The molecule has 0 aliphatic carbocycles. The molecule has 86 valence electrons. The number of thioether (sulfide) groups is 1. The fourth-order valence-electron chi connectivity index (χ4n) is 0.859. The van der Waals surface area contributed by atoms with E-state index < -0.39 is 6.10 Å². The van der Waals surface area contributed by atoms with Gasteiger partial charge in [-0.05, 0) is 0 Å². The number of ether oxygens (including phenoxy) is 2. The molecule has 0 bridgehead atoms. The molecule has 1 aromatic rings. The van der Waals surface area contributed by atoms with Crippen molar-refractivity contribution < 1.29 is 19.0 Å². The van der Waals surface area contributed by atoms with Crippen LogP contribution in [0, 0.1) is 0 Å². The Bertz CT molecular complexity index is 242. The van der Waals surface area contributed by atoms with Crippen molar-refractivity contribution in [2.45, 2.75) is 11.3 Å². The van der Waals surface area contributed by atoms with Crippen molar-refractivity contribution in [1.82, 2.24) is 4.98 Å². The van der Waals surface area contributed by atoms with Gasteiger partial charge in [0.05, 0.1) is 32.1 Å². The van der Waals surface area contributed by atoms with E-state index in [1.807, 2.05) is 0 Å². The van der Waals surface area contributed by atoms with Gasteiger partial charge in [-0.25, -0.2) is 4.98 Å². The van der Waals surface area contributed by atoms with Crippen LogP contribution in [0.2, 0.25) is 0 Å². The molecule has 0 aromatic carbocycles. The van der Waals surface area contributed by atoms with Gasteiger partial charge >= 0.3 is 0 Å². The van der Waals surface area contributed by atoms with Gasteiger partial charge in [-0.1, -0.05) is 11.8 Å². The van der Waals surface area contributed by atoms with Crippen LogP contribution in [0.25, 0.3) is 0 Å². The highest BCUT2D eigenvalue weighted by Gasteiger charge is 2.07. The summed E-state index contributed by atoms with van der Waals surface area (Å²) < 4.78 is 15.0. The Morgan fingerprint density at radius 1 is 1.60 bits per heavy atom. The number of oxazole rings is 1. The highest BCUT2D eigenvalue weighted by atomic mass is 32.2. The highest BCUT2D eigenvalue weighted by molar-refractivity contribution is 7.99. The number of nitrogens with zero attached hydrogens (tertiary/aromatic N) is 1. The third kappa shape index (κ3) is 5.78. The lowest BCUT2D eigenvalue weighted by Crippen LogP contribution is -2.19. The summed E-state index contributed by atoms with van der Waals surface area (Å²) in [5.74, 6) is 0.507. The summed E-state index contributed by atoms with van der Waals surface area (Å²) in [5.41, 5.74) is 0. The van der Waals surface area contributed by atoms with Gasteiger partial charge < -0.3 is 19.0 Å². The summed E-state index contributed by atoms with van der Waals surface area (Å²) in [4.78, 5) is 3.92. The van der Waals surface area contributed by atoms with Gasteiger partial charge in [-0.15, -0.1) is 0 Å². The monoisotopic (exact) mass is 233 g/mol. The third-order valence-corrected chi connectivity index (χ3v) is 2.55. The van der Waals surface area contributed by atoms with Gasteiger partial charge in [-0.2, -0.15) is 0 Å².